The Morgan fingerprint density at radius 1 is 1.40 bits per heavy atom. The van der Waals surface area contributed by atoms with Crippen LogP contribution in [-0.4, -0.2) is 32.3 Å². The highest BCUT2D eigenvalue weighted by atomic mass is 19.1. The number of H-pyrrole nitrogens is 1. The van der Waals surface area contributed by atoms with E-state index in [1.54, 1.807) is 18.5 Å². The first-order valence-electron chi connectivity index (χ1n) is 5.96. The lowest BCUT2D eigenvalue weighted by molar-refractivity contribution is 0.0684. The zero-order valence-corrected chi connectivity index (χ0v) is 10.4. The van der Waals surface area contributed by atoms with E-state index in [1.165, 1.54) is 12.1 Å². The number of halogens is 1. The number of imidazole rings is 1. The maximum Gasteiger partial charge on any atom is 0.371 e. The second kappa shape index (κ2) is 4.76. The summed E-state index contributed by atoms with van der Waals surface area (Å²) in [5.74, 6) is -1.10. The SMILES string of the molecule is O=C(O)c1nc2c([nH]1)CN(Cc1ccc(F)cc1)C=N2. The normalized spacial score (nSPS) is 13.3. The van der Waals surface area contributed by atoms with Crippen molar-refractivity contribution in [2.45, 2.75) is 13.1 Å². The molecule has 1 aromatic heterocycles. The summed E-state index contributed by atoms with van der Waals surface area (Å²) in [6.45, 7) is 1.04. The van der Waals surface area contributed by atoms with Gasteiger partial charge in [-0.3, -0.25) is 0 Å². The van der Waals surface area contributed by atoms with Crippen LogP contribution in [0.1, 0.15) is 21.9 Å². The topological polar surface area (TPSA) is 81.6 Å². The first-order chi connectivity index (χ1) is 9.61. The van der Waals surface area contributed by atoms with Crippen LogP contribution in [-0.2, 0) is 13.1 Å². The number of nitrogens with one attached hydrogen (secondary N) is 1. The molecule has 0 unspecified atom stereocenters. The number of benzene rings is 1. The largest absolute Gasteiger partial charge is 0.475 e. The molecule has 0 radical (unpaired) electrons. The molecule has 0 bridgehead atoms. The average Bonchev–Trinajstić information content (AvgIpc) is 2.85. The van der Waals surface area contributed by atoms with E-state index in [1.807, 2.05) is 4.90 Å². The fraction of sp³-hybridized carbons (Fsp3) is 0.154. The third kappa shape index (κ3) is 2.37. The van der Waals surface area contributed by atoms with Crippen molar-refractivity contribution in [1.82, 2.24) is 14.9 Å². The zero-order valence-electron chi connectivity index (χ0n) is 10.4. The van der Waals surface area contributed by atoms with E-state index < -0.39 is 5.97 Å². The number of aliphatic imine (C=N–C) groups is 1. The van der Waals surface area contributed by atoms with Crippen molar-refractivity contribution in [3.05, 3.63) is 47.2 Å². The van der Waals surface area contributed by atoms with Crippen molar-refractivity contribution >= 4 is 18.1 Å². The van der Waals surface area contributed by atoms with Crippen molar-refractivity contribution in [3.63, 3.8) is 0 Å². The molecule has 1 aliphatic rings. The third-order valence-electron chi connectivity index (χ3n) is 2.96. The number of nitrogens with zero attached hydrogens (tertiary/aromatic N) is 3. The Labute approximate surface area is 113 Å². The number of hydrogen-bond acceptors (Lipinski definition) is 4. The number of aromatic nitrogens is 2. The molecule has 0 aliphatic carbocycles. The number of carboxylic acid groups (broad SMARTS) is 1. The number of aromatic amines is 1. The summed E-state index contributed by atoms with van der Waals surface area (Å²) in [7, 11) is 0. The molecule has 0 fully saturated rings. The molecular formula is C13H11FN4O2. The minimum absolute atomic E-state index is 0.115. The molecule has 6 nitrogen and oxygen atoms in total. The van der Waals surface area contributed by atoms with Crippen molar-refractivity contribution in [2.75, 3.05) is 0 Å². The second-order valence-electron chi connectivity index (χ2n) is 4.47. The van der Waals surface area contributed by atoms with E-state index in [4.69, 9.17) is 5.11 Å². The molecule has 0 spiro atoms. The Morgan fingerprint density at radius 3 is 2.85 bits per heavy atom. The summed E-state index contributed by atoms with van der Waals surface area (Å²) in [5, 5.41) is 8.87. The van der Waals surface area contributed by atoms with Crippen LogP contribution in [0.5, 0.6) is 0 Å². The summed E-state index contributed by atoms with van der Waals surface area (Å²) in [6.07, 6.45) is 1.61. The smallest absolute Gasteiger partial charge is 0.371 e. The third-order valence-corrected chi connectivity index (χ3v) is 2.96. The fourth-order valence-corrected chi connectivity index (χ4v) is 2.02. The van der Waals surface area contributed by atoms with E-state index >= 15 is 0 Å². The second-order valence-corrected chi connectivity index (χ2v) is 4.47. The van der Waals surface area contributed by atoms with Crippen LogP contribution in [0.2, 0.25) is 0 Å². The maximum absolute atomic E-state index is 12.8. The Hall–Kier alpha value is -2.70. The molecule has 0 saturated carbocycles. The zero-order chi connectivity index (χ0) is 14.1. The lowest BCUT2D eigenvalue weighted by Gasteiger charge is -2.21. The molecule has 3 rings (SSSR count). The molecule has 2 heterocycles. The molecule has 2 aromatic rings. The van der Waals surface area contributed by atoms with Crippen molar-refractivity contribution in [1.29, 1.82) is 0 Å². The van der Waals surface area contributed by atoms with Crippen LogP contribution in [0.4, 0.5) is 10.2 Å². The summed E-state index contributed by atoms with van der Waals surface area (Å²) in [5.41, 5.74) is 1.60. The highest BCUT2D eigenvalue weighted by molar-refractivity contribution is 5.84. The van der Waals surface area contributed by atoms with Gasteiger partial charge in [0.2, 0.25) is 5.82 Å². The molecule has 20 heavy (non-hydrogen) atoms. The summed E-state index contributed by atoms with van der Waals surface area (Å²) < 4.78 is 12.8. The van der Waals surface area contributed by atoms with Crippen molar-refractivity contribution in [2.24, 2.45) is 4.99 Å². The van der Waals surface area contributed by atoms with Gasteiger partial charge in [0.05, 0.1) is 18.6 Å². The number of fused-ring (bicyclic) bond motifs is 1. The van der Waals surface area contributed by atoms with Crippen LogP contribution in [0.25, 0.3) is 0 Å². The molecule has 1 aromatic carbocycles. The van der Waals surface area contributed by atoms with Crippen LogP contribution >= 0.6 is 0 Å². The van der Waals surface area contributed by atoms with Crippen LogP contribution < -0.4 is 0 Å². The van der Waals surface area contributed by atoms with Gasteiger partial charge in [0.25, 0.3) is 0 Å². The Balaban J connectivity index is 1.75. The van der Waals surface area contributed by atoms with E-state index in [0.717, 1.165) is 5.56 Å². The maximum atomic E-state index is 12.8. The molecule has 0 atom stereocenters. The highest BCUT2D eigenvalue weighted by Crippen LogP contribution is 2.22. The molecular weight excluding hydrogens is 263 g/mol. The standard InChI is InChI=1S/C13H11FN4O2/c14-9-3-1-8(2-4-9)5-18-6-10-11(15-7-18)17-12(16-10)13(19)20/h1-4,7H,5-6H2,(H,16,17)(H,19,20). The minimum atomic E-state index is -1.11. The van der Waals surface area contributed by atoms with Crippen LogP contribution in [0.3, 0.4) is 0 Å². The number of aromatic carboxylic acids is 1. The summed E-state index contributed by atoms with van der Waals surface area (Å²) >= 11 is 0. The van der Waals surface area contributed by atoms with Crippen LogP contribution in [0, 0.1) is 5.82 Å². The highest BCUT2D eigenvalue weighted by Gasteiger charge is 2.19. The number of carboxylic acids is 1. The van der Waals surface area contributed by atoms with Gasteiger partial charge in [0.1, 0.15) is 5.82 Å². The quantitative estimate of drug-likeness (QED) is 0.896. The average molecular weight is 274 g/mol. The first-order valence-corrected chi connectivity index (χ1v) is 5.96. The Morgan fingerprint density at radius 2 is 2.15 bits per heavy atom. The van der Waals surface area contributed by atoms with Gasteiger partial charge in [-0.05, 0) is 17.7 Å². The predicted octanol–water partition coefficient (Wildman–Crippen LogP) is 1.92. The van der Waals surface area contributed by atoms with E-state index in [-0.39, 0.29) is 11.6 Å². The lowest BCUT2D eigenvalue weighted by atomic mass is 10.2. The van der Waals surface area contributed by atoms with Crippen molar-refractivity contribution < 1.29 is 14.3 Å². The molecule has 2 N–H and O–H groups in total. The van der Waals surface area contributed by atoms with Crippen LogP contribution in [0.15, 0.2) is 29.3 Å². The van der Waals surface area contributed by atoms with E-state index in [9.17, 15) is 9.18 Å². The van der Waals surface area contributed by atoms with Gasteiger partial charge in [-0.2, -0.15) is 0 Å². The predicted molar refractivity (Wildman–Crippen MR) is 69.3 cm³/mol. The molecule has 7 heteroatoms. The van der Waals surface area contributed by atoms with Crippen molar-refractivity contribution in [3.8, 4) is 0 Å². The lowest BCUT2D eigenvalue weighted by Crippen LogP contribution is -2.23. The minimum Gasteiger partial charge on any atom is -0.475 e. The van der Waals surface area contributed by atoms with E-state index in [0.29, 0.717) is 24.6 Å². The Bertz CT molecular complexity index is 678. The van der Waals surface area contributed by atoms with Gasteiger partial charge < -0.3 is 15.0 Å². The molecule has 0 saturated heterocycles. The van der Waals surface area contributed by atoms with Gasteiger partial charge in [-0.15, -0.1) is 0 Å². The number of rotatable bonds is 3. The number of hydrogen-bond donors (Lipinski definition) is 2. The Kier molecular flexibility index (Phi) is 2.94. The van der Waals surface area contributed by atoms with Gasteiger partial charge >= 0.3 is 5.97 Å². The van der Waals surface area contributed by atoms with Gasteiger partial charge in [-0.1, -0.05) is 12.1 Å². The van der Waals surface area contributed by atoms with Gasteiger partial charge in [0.15, 0.2) is 5.82 Å². The van der Waals surface area contributed by atoms with E-state index in [2.05, 4.69) is 15.0 Å². The fourth-order valence-electron chi connectivity index (χ4n) is 2.02. The molecule has 0 amide bonds. The monoisotopic (exact) mass is 274 g/mol. The summed E-state index contributed by atoms with van der Waals surface area (Å²) in [6, 6.07) is 6.21. The van der Waals surface area contributed by atoms with Gasteiger partial charge in [0, 0.05) is 6.54 Å². The molecule has 1 aliphatic heterocycles. The molecule has 102 valence electrons. The number of carbonyl (C=O) groups is 1. The van der Waals surface area contributed by atoms with Gasteiger partial charge in [-0.25, -0.2) is 19.2 Å². The summed E-state index contributed by atoms with van der Waals surface area (Å²) in [4.78, 5) is 23.4. The first kappa shape index (κ1) is 12.3.